The largest absolute Gasteiger partial charge is 0.356 e. The van der Waals surface area contributed by atoms with Gasteiger partial charge >= 0.3 is 0 Å². The standard InChI is InChI=1S/C16H25N3/c1-3-12-18-15(17-2)19-13-16(10-7-11-16)14-8-5-4-6-9-14/h4-6,8-9H,3,7,10-13H2,1-2H3,(H2,17,18,19). The fraction of sp³-hybridized carbons (Fsp3) is 0.562. The highest BCUT2D eigenvalue weighted by Crippen LogP contribution is 2.43. The van der Waals surface area contributed by atoms with Crippen LogP contribution in [0.4, 0.5) is 0 Å². The molecule has 0 unspecified atom stereocenters. The van der Waals surface area contributed by atoms with Crippen molar-refractivity contribution in [3.05, 3.63) is 35.9 Å². The molecule has 2 N–H and O–H groups in total. The maximum Gasteiger partial charge on any atom is 0.191 e. The number of hydrogen-bond donors (Lipinski definition) is 2. The highest BCUT2D eigenvalue weighted by atomic mass is 15.2. The average molecular weight is 259 g/mol. The van der Waals surface area contributed by atoms with Crippen LogP contribution in [0.5, 0.6) is 0 Å². The second-order valence-electron chi connectivity index (χ2n) is 5.35. The van der Waals surface area contributed by atoms with Gasteiger partial charge in [0, 0.05) is 25.6 Å². The summed E-state index contributed by atoms with van der Waals surface area (Å²) in [5.74, 6) is 0.920. The van der Waals surface area contributed by atoms with Crippen molar-refractivity contribution in [2.24, 2.45) is 4.99 Å². The Morgan fingerprint density at radius 1 is 1.21 bits per heavy atom. The normalized spacial score (nSPS) is 17.7. The minimum absolute atomic E-state index is 0.311. The molecule has 3 nitrogen and oxygen atoms in total. The van der Waals surface area contributed by atoms with Gasteiger partial charge in [0.1, 0.15) is 0 Å². The zero-order chi connectivity index (χ0) is 13.6. The van der Waals surface area contributed by atoms with Gasteiger partial charge in [0.05, 0.1) is 0 Å². The summed E-state index contributed by atoms with van der Waals surface area (Å²) < 4.78 is 0. The van der Waals surface area contributed by atoms with Crippen LogP contribution in [0.15, 0.2) is 35.3 Å². The number of aliphatic imine (C=N–C) groups is 1. The molecular formula is C16H25N3. The summed E-state index contributed by atoms with van der Waals surface area (Å²) in [7, 11) is 1.83. The first-order valence-corrected chi connectivity index (χ1v) is 7.31. The van der Waals surface area contributed by atoms with Gasteiger partial charge < -0.3 is 10.6 Å². The quantitative estimate of drug-likeness (QED) is 0.630. The lowest BCUT2D eigenvalue weighted by molar-refractivity contribution is 0.244. The third kappa shape index (κ3) is 3.28. The molecule has 0 bridgehead atoms. The first kappa shape index (κ1) is 13.9. The van der Waals surface area contributed by atoms with Crippen molar-refractivity contribution in [2.45, 2.75) is 38.0 Å². The van der Waals surface area contributed by atoms with E-state index in [9.17, 15) is 0 Å². The SMILES string of the molecule is CCCNC(=NC)NCC1(c2ccccc2)CCC1. The molecule has 1 aliphatic carbocycles. The van der Waals surface area contributed by atoms with Gasteiger partial charge in [-0.05, 0) is 24.8 Å². The molecule has 0 saturated heterocycles. The second-order valence-corrected chi connectivity index (χ2v) is 5.35. The van der Waals surface area contributed by atoms with Gasteiger partial charge in [0.15, 0.2) is 5.96 Å². The molecule has 0 aromatic heterocycles. The van der Waals surface area contributed by atoms with Crippen LogP contribution in [-0.4, -0.2) is 26.1 Å². The molecular weight excluding hydrogens is 234 g/mol. The molecule has 0 aliphatic heterocycles. The lowest BCUT2D eigenvalue weighted by Crippen LogP contribution is -2.49. The highest BCUT2D eigenvalue weighted by Gasteiger charge is 2.38. The molecule has 0 amide bonds. The molecule has 1 saturated carbocycles. The van der Waals surface area contributed by atoms with E-state index in [0.717, 1.165) is 25.5 Å². The number of nitrogens with one attached hydrogen (secondary N) is 2. The molecule has 1 fully saturated rings. The van der Waals surface area contributed by atoms with Crippen LogP contribution in [-0.2, 0) is 5.41 Å². The highest BCUT2D eigenvalue weighted by molar-refractivity contribution is 5.79. The number of benzene rings is 1. The van der Waals surface area contributed by atoms with Crippen LogP contribution in [0.1, 0.15) is 38.2 Å². The molecule has 2 rings (SSSR count). The summed E-state index contributed by atoms with van der Waals surface area (Å²) >= 11 is 0. The van der Waals surface area contributed by atoms with Crippen molar-refractivity contribution in [2.75, 3.05) is 20.1 Å². The fourth-order valence-corrected chi connectivity index (χ4v) is 2.68. The van der Waals surface area contributed by atoms with Crippen LogP contribution >= 0.6 is 0 Å². The number of hydrogen-bond acceptors (Lipinski definition) is 1. The summed E-state index contributed by atoms with van der Waals surface area (Å²) in [6.45, 7) is 4.11. The lowest BCUT2D eigenvalue weighted by atomic mass is 9.64. The topological polar surface area (TPSA) is 36.4 Å². The van der Waals surface area contributed by atoms with Gasteiger partial charge in [-0.1, -0.05) is 43.7 Å². The Bertz CT molecular complexity index is 407. The monoisotopic (exact) mass is 259 g/mol. The zero-order valence-corrected chi connectivity index (χ0v) is 12.1. The van der Waals surface area contributed by atoms with Crippen LogP contribution < -0.4 is 10.6 Å². The maximum atomic E-state index is 4.28. The van der Waals surface area contributed by atoms with E-state index in [2.05, 4.69) is 52.9 Å². The van der Waals surface area contributed by atoms with E-state index in [0.29, 0.717) is 5.41 Å². The van der Waals surface area contributed by atoms with E-state index in [1.165, 1.54) is 24.8 Å². The molecule has 1 aliphatic rings. The van der Waals surface area contributed by atoms with E-state index in [-0.39, 0.29) is 0 Å². The molecule has 104 valence electrons. The zero-order valence-electron chi connectivity index (χ0n) is 12.1. The Kier molecular flexibility index (Phi) is 4.83. The van der Waals surface area contributed by atoms with Crippen LogP contribution in [0, 0.1) is 0 Å². The predicted octanol–water partition coefficient (Wildman–Crippen LogP) is 2.68. The Hall–Kier alpha value is -1.51. The van der Waals surface area contributed by atoms with E-state index >= 15 is 0 Å². The first-order valence-electron chi connectivity index (χ1n) is 7.31. The van der Waals surface area contributed by atoms with Crippen molar-refractivity contribution in [3.63, 3.8) is 0 Å². The minimum Gasteiger partial charge on any atom is -0.356 e. The van der Waals surface area contributed by atoms with E-state index < -0.39 is 0 Å². The Labute approximate surface area is 116 Å². The van der Waals surface area contributed by atoms with Gasteiger partial charge in [0.2, 0.25) is 0 Å². The smallest absolute Gasteiger partial charge is 0.191 e. The molecule has 1 aromatic carbocycles. The maximum absolute atomic E-state index is 4.28. The predicted molar refractivity (Wildman–Crippen MR) is 81.6 cm³/mol. The molecule has 0 atom stereocenters. The summed E-state index contributed by atoms with van der Waals surface area (Å²) in [5.41, 5.74) is 1.77. The molecule has 1 aromatic rings. The molecule has 0 heterocycles. The van der Waals surface area contributed by atoms with Crippen molar-refractivity contribution >= 4 is 5.96 Å². The molecule has 0 radical (unpaired) electrons. The fourth-order valence-electron chi connectivity index (χ4n) is 2.68. The summed E-state index contributed by atoms with van der Waals surface area (Å²) in [6, 6.07) is 10.9. The Morgan fingerprint density at radius 2 is 1.95 bits per heavy atom. The molecule has 0 spiro atoms. The second kappa shape index (κ2) is 6.60. The van der Waals surface area contributed by atoms with Gasteiger partial charge in [-0.15, -0.1) is 0 Å². The van der Waals surface area contributed by atoms with Crippen LogP contribution in [0.25, 0.3) is 0 Å². The molecule has 3 heteroatoms. The number of nitrogens with zero attached hydrogens (tertiary/aromatic N) is 1. The summed E-state index contributed by atoms with van der Waals surface area (Å²) in [6.07, 6.45) is 4.99. The molecule has 19 heavy (non-hydrogen) atoms. The van der Waals surface area contributed by atoms with Gasteiger partial charge in [-0.2, -0.15) is 0 Å². The Balaban J connectivity index is 1.96. The van der Waals surface area contributed by atoms with E-state index in [4.69, 9.17) is 0 Å². The van der Waals surface area contributed by atoms with Crippen LogP contribution in [0.2, 0.25) is 0 Å². The van der Waals surface area contributed by atoms with Crippen molar-refractivity contribution in [1.82, 2.24) is 10.6 Å². The van der Waals surface area contributed by atoms with Gasteiger partial charge in [-0.25, -0.2) is 0 Å². The van der Waals surface area contributed by atoms with Gasteiger partial charge in [0.25, 0.3) is 0 Å². The van der Waals surface area contributed by atoms with E-state index in [1.807, 2.05) is 7.05 Å². The average Bonchev–Trinajstić information content (AvgIpc) is 2.42. The number of guanidine groups is 1. The minimum atomic E-state index is 0.311. The summed E-state index contributed by atoms with van der Waals surface area (Å²) in [5, 5.41) is 6.81. The van der Waals surface area contributed by atoms with E-state index in [1.54, 1.807) is 0 Å². The Morgan fingerprint density at radius 3 is 2.47 bits per heavy atom. The lowest BCUT2D eigenvalue weighted by Gasteiger charge is -2.43. The van der Waals surface area contributed by atoms with Gasteiger partial charge in [-0.3, -0.25) is 4.99 Å². The third-order valence-corrected chi connectivity index (χ3v) is 4.06. The first-order chi connectivity index (χ1) is 9.30. The number of rotatable bonds is 5. The summed E-state index contributed by atoms with van der Waals surface area (Å²) in [4.78, 5) is 4.28. The third-order valence-electron chi connectivity index (χ3n) is 4.06. The van der Waals surface area contributed by atoms with Crippen molar-refractivity contribution in [1.29, 1.82) is 0 Å². The van der Waals surface area contributed by atoms with Crippen LogP contribution in [0.3, 0.4) is 0 Å². The van der Waals surface area contributed by atoms with Crippen molar-refractivity contribution in [3.8, 4) is 0 Å². The van der Waals surface area contributed by atoms with Crippen molar-refractivity contribution < 1.29 is 0 Å².